The molecule has 2 aromatic rings. The second-order valence-electron chi connectivity index (χ2n) is 8.05. The highest BCUT2D eigenvalue weighted by Crippen LogP contribution is 2.27. The van der Waals surface area contributed by atoms with Gasteiger partial charge in [0.1, 0.15) is 18.1 Å². The Kier molecular flexibility index (Phi) is 8.00. The molecule has 0 aliphatic carbocycles. The van der Waals surface area contributed by atoms with Gasteiger partial charge in [-0.15, -0.1) is 0 Å². The first-order valence-corrected chi connectivity index (χ1v) is 10.9. The van der Waals surface area contributed by atoms with E-state index in [1.54, 1.807) is 14.2 Å². The van der Waals surface area contributed by atoms with Crippen LogP contribution < -0.4 is 14.4 Å². The van der Waals surface area contributed by atoms with Gasteiger partial charge >= 0.3 is 0 Å². The van der Waals surface area contributed by atoms with E-state index >= 15 is 0 Å². The summed E-state index contributed by atoms with van der Waals surface area (Å²) >= 11 is 0. The summed E-state index contributed by atoms with van der Waals surface area (Å²) < 4.78 is 16.4. The minimum Gasteiger partial charge on any atom is -0.496 e. The average Bonchev–Trinajstić information content (AvgIpc) is 2.77. The van der Waals surface area contributed by atoms with Crippen molar-refractivity contribution in [3.63, 3.8) is 0 Å². The molecule has 0 N–H and O–H groups in total. The standard InChI is InChI=1S/C25H36N2O3/c1-19-6-8-23(18-25(19)29-5)27-14-12-26(13-15-27)11-10-22-7-9-24(21(3)20(22)2)30-17-16-28-4/h6-9,18H,10-17H2,1-5H3. The fraction of sp³-hybridized carbons (Fsp3) is 0.520. The van der Waals surface area contributed by atoms with Crippen LogP contribution in [0.25, 0.3) is 0 Å². The SMILES string of the molecule is COCCOc1ccc(CCN2CCN(c3ccc(C)c(OC)c3)CC2)c(C)c1C. The summed E-state index contributed by atoms with van der Waals surface area (Å²) in [4.78, 5) is 5.03. The Balaban J connectivity index is 1.51. The van der Waals surface area contributed by atoms with Crippen molar-refractivity contribution in [2.75, 3.05) is 65.1 Å². The summed E-state index contributed by atoms with van der Waals surface area (Å²) in [5.74, 6) is 1.94. The van der Waals surface area contributed by atoms with Crippen molar-refractivity contribution >= 4 is 5.69 Å². The van der Waals surface area contributed by atoms with Gasteiger partial charge in [-0.1, -0.05) is 12.1 Å². The Morgan fingerprint density at radius 2 is 1.60 bits per heavy atom. The lowest BCUT2D eigenvalue weighted by Gasteiger charge is -2.36. The van der Waals surface area contributed by atoms with Crippen LogP contribution in [0.2, 0.25) is 0 Å². The molecule has 0 radical (unpaired) electrons. The molecule has 0 atom stereocenters. The normalized spacial score (nSPS) is 14.8. The number of nitrogens with zero attached hydrogens (tertiary/aromatic N) is 2. The van der Waals surface area contributed by atoms with Crippen LogP contribution >= 0.6 is 0 Å². The van der Waals surface area contributed by atoms with Gasteiger partial charge in [0.25, 0.3) is 0 Å². The third-order valence-electron chi connectivity index (χ3n) is 6.22. The number of piperazine rings is 1. The van der Waals surface area contributed by atoms with Crippen LogP contribution in [0.15, 0.2) is 30.3 Å². The molecule has 3 rings (SSSR count). The maximum Gasteiger partial charge on any atom is 0.123 e. The second kappa shape index (κ2) is 10.7. The molecule has 1 aliphatic heterocycles. The zero-order chi connectivity index (χ0) is 21.5. The lowest BCUT2D eigenvalue weighted by Crippen LogP contribution is -2.47. The number of benzene rings is 2. The third kappa shape index (κ3) is 5.46. The van der Waals surface area contributed by atoms with Crippen molar-refractivity contribution in [3.05, 3.63) is 52.6 Å². The van der Waals surface area contributed by atoms with Gasteiger partial charge < -0.3 is 19.1 Å². The molecule has 1 saturated heterocycles. The second-order valence-corrected chi connectivity index (χ2v) is 8.05. The topological polar surface area (TPSA) is 34.2 Å². The van der Waals surface area contributed by atoms with Gasteiger partial charge in [0.05, 0.1) is 13.7 Å². The van der Waals surface area contributed by atoms with E-state index in [-0.39, 0.29) is 0 Å². The van der Waals surface area contributed by atoms with E-state index in [1.165, 1.54) is 27.9 Å². The van der Waals surface area contributed by atoms with Gasteiger partial charge in [-0.2, -0.15) is 0 Å². The molecule has 30 heavy (non-hydrogen) atoms. The first-order chi connectivity index (χ1) is 14.5. The maximum absolute atomic E-state index is 5.84. The number of aryl methyl sites for hydroxylation is 1. The lowest BCUT2D eigenvalue weighted by atomic mass is 9.99. The fourth-order valence-corrected chi connectivity index (χ4v) is 4.03. The van der Waals surface area contributed by atoms with Crippen LogP contribution in [0, 0.1) is 20.8 Å². The zero-order valence-electron chi connectivity index (χ0n) is 19.2. The molecule has 1 heterocycles. The largest absolute Gasteiger partial charge is 0.496 e. The molecule has 164 valence electrons. The molecule has 5 nitrogen and oxygen atoms in total. The van der Waals surface area contributed by atoms with E-state index in [0.717, 1.165) is 50.6 Å². The van der Waals surface area contributed by atoms with Gasteiger partial charge in [0.2, 0.25) is 0 Å². The number of anilines is 1. The maximum atomic E-state index is 5.84. The predicted molar refractivity (Wildman–Crippen MR) is 123 cm³/mol. The summed E-state index contributed by atoms with van der Waals surface area (Å²) in [5, 5.41) is 0. The van der Waals surface area contributed by atoms with Crippen molar-refractivity contribution in [3.8, 4) is 11.5 Å². The number of rotatable bonds is 9. The van der Waals surface area contributed by atoms with Gasteiger partial charge in [-0.25, -0.2) is 0 Å². The molecule has 1 fully saturated rings. The van der Waals surface area contributed by atoms with Gasteiger partial charge in [-0.05, 0) is 61.6 Å². The van der Waals surface area contributed by atoms with Crippen molar-refractivity contribution in [1.82, 2.24) is 4.90 Å². The Morgan fingerprint density at radius 3 is 2.30 bits per heavy atom. The fourth-order valence-electron chi connectivity index (χ4n) is 4.03. The average molecular weight is 413 g/mol. The summed E-state index contributed by atoms with van der Waals surface area (Å²) in [6.45, 7) is 13.0. The van der Waals surface area contributed by atoms with E-state index in [0.29, 0.717) is 13.2 Å². The number of ether oxygens (including phenoxy) is 3. The molecule has 0 saturated carbocycles. The molecule has 5 heteroatoms. The molecule has 0 amide bonds. The highest BCUT2D eigenvalue weighted by molar-refractivity contribution is 5.54. The summed E-state index contributed by atoms with van der Waals surface area (Å²) in [6, 6.07) is 10.8. The van der Waals surface area contributed by atoms with Crippen LogP contribution in [0.3, 0.4) is 0 Å². The van der Waals surface area contributed by atoms with E-state index in [2.05, 4.69) is 60.9 Å². The highest BCUT2D eigenvalue weighted by Gasteiger charge is 2.18. The third-order valence-corrected chi connectivity index (χ3v) is 6.22. The van der Waals surface area contributed by atoms with Gasteiger partial charge in [-0.3, -0.25) is 4.90 Å². The molecule has 0 bridgehead atoms. The zero-order valence-corrected chi connectivity index (χ0v) is 19.2. The lowest BCUT2D eigenvalue weighted by molar-refractivity contribution is 0.146. The van der Waals surface area contributed by atoms with Crippen LogP contribution in [0.1, 0.15) is 22.3 Å². The number of hydrogen-bond acceptors (Lipinski definition) is 5. The summed E-state index contributed by atoms with van der Waals surface area (Å²) in [5.41, 5.74) is 6.43. The Morgan fingerprint density at radius 1 is 0.833 bits per heavy atom. The van der Waals surface area contributed by atoms with E-state index in [9.17, 15) is 0 Å². The van der Waals surface area contributed by atoms with Crippen LogP contribution in [-0.4, -0.2) is 65.1 Å². The van der Waals surface area contributed by atoms with E-state index in [4.69, 9.17) is 14.2 Å². The first kappa shape index (κ1) is 22.4. The monoisotopic (exact) mass is 412 g/mol. The van der Waals surface area contributed by atoms with Crippen LogP contribution in [-0.2, 0) is 11.2 Å². The van der Waals surface area contributed by atoms with Crippen molar-refractivity contribution in [2.24, 2.45) is 0 Å². The number of hydrogen-bond donors (Lipinski definition) is 0. The Hall–Kier alpha value is -2.24. The first-order valence-electron chi connectivity index (χ1n) is 10.9. The van der Waals surface area contributed by atoms with Gasteiger partial charge in [0, 0.05) is 51.6 Å². The molecular weight excluding hydrogens is 376 g/mol. The van der Waals surface area contributed by atoms with Crippen molar-refractivity contribution in [2.45, 2.75) is 27.2 Å². The molecule has 0 spiro atoms. The molecule has 2 aromatic carbocycles. The van der Waals surface area contributed by atoms with E-state index in [1.807, 2.05) is 0 Å². The van der Waals surface area contributed by atoms with Crippen molar-refractivity contribution < 1.29 is 14.2 Å². The quantitative estimate of drug-likeness (QED) is 0.582. The highest BCUT2D eigenvalue weighted by atomic mass is 16.5. The number of methoxy groups -OCH3 is 2. The van der Waals surface area contributed by atoms with Crippen LogP contribution in [0.4, 0.5) is 5.69 Å². The van der Waals surface area contributed by atoms with Gasteiger partial charge in [0.15, 0.2) is 0 Å². The smallest absolute Gasteiger partial charge is 0.123 e. The molecule has 0 unspecified atom stereocenters. The summed E-state index contributed by atoms with van der Waals surface area (Å²) in [6.07, 6.45) is 1.07. The minimum atomic E-state index is 0.591. The predicted octanol–water partition coefficient (Wildman–Crippen LogP) is 4.01. The molecular formula is C25H36N2O3. The molecule has 0 aromatic heterocycles. The van der Waals surface area contributed by atoms with Crippen LogP contribution in [0.5, 0.6) is 11.5 Å². The van der Waals surface area contributed by atoms with Crippen molar-refractivity contribution in [1.29, 1.82) is 0 Å². The minimum absolute atomic E-state index is 0.591. The molecule has 1 aliphatic rings. The Labute approximate surface area is 181 Å². The Bertz CT molecular complexity index is 829. The van der Waals surface area contributed by atoms with E-state index < -0.39 is 0 Å². The summed E-state index contributed by atoms with van der Waals surface area (Å²) in [7, 11) is 3.44.